The highest BCUT2D eigenvalue weighted by Gasteiger charge is 2.52. The van der Waals surface area contributed by atoms with Crippen LogP contribution in [0.25, 0.3) is 0 Å². The molecule has 0 amide bonds. The molecule has 3 aromatic carbocycles. The number of hydrogen-bond donors (Lipinski definition) is 2. The molecule has 0 saturated carbocycles. The van der Waals surface area contributed by atoms with E-state index in [-0.39, 0.29) is 54.5 Å². The Morgan fingerprint density at radius 3 is 2.22 bits per heavy atom. The van der Waals surface area contributed by atoms with Crippen LogP contribution in [0.1, 0.15) is 28.7 Å². The molecular weight excluding hydrogens is 528 g/mol. The quantitative estimate of drug-likeness (QED) is 0.429. The molecule has 4 aliphatic rings. The van der Waals surface area contributed by atoms with Crippen LogP contribution in [0, 0.1) is 11.8 Å². The molecule has 3 aliphatic heterocycles. The summed E-state index contributed by atoms with van der Waals surface area (Å²) in [6, 6.07) is 15.7. The van der Waals surface area contributed by atoms with E-state index in [0.29, 0.717) is 11.5 Å². The van der Waals surface area contributed by atoms with Crippen molar-refractivity contribution in [1.29, 1.82) is 0 Å². The number of methoxy groups -OCH3 is 2. The summed E-state index contributed by atoms with van der Waals surface area (Å²) >= 11 is 0. The number of benzene rings is 3. The molecule has 0 spiro atoms. The Morgan fingerprint density at radius 1 is 0.902 bits per heavy atom. The molecule has 0 bridgehead atoms. The Labute approximate surface area is 237 Å². The van der Waals surface area contributed by atoms with E-state index in [1.165, 1.54) is 14.2 Å². The molecule has 0 radical (unpaired) electrons. The van der Waals surface area contributed by atoms with Crippen LogP contribution < -0.4 is 29.2 Å². The SMILES string of the molecule is COc1cc([C@H]2c3cc4c(cc3[C@@H](Nc3ccc(N5CCOCC5)cc3)C3COC(=O)[C@@H]32)OCO4)cc(OC)c1O. The third-order valence-electron chi connectivity index (χ3n) is 8.61. The van der Waals surface area contributed by atoms with Gasteiger partial charge >= 0.3 is 5.97 Å². The third kappa shape index (κ3) is 4.33. The van der Waals surface area contributed by atoms with E-state index in [1.807, 2.05) is 12.1 Å². The number of carbonyl (C=O) groups excluding carboxylic acids is 1. The van der Waals surface area contributed by atoms with E-state index in [4.69, 9.17) is 28.4 Å². The molecule has 4 atom stereocenters. The van der Waals surface area contributed by atoms with Gasteiger partial charge in [-0.05, 0) is 65.2 Å². The van der Waals surface area contributed by atoms with Crippen molar-refractivity contribution >= 4 is 17.3 Å². The van der Waals surface area contributed by atoms with Crippen LogP contribution in [0.3, 0.4) is 0 Å². The summed E-state index contributed by atoms with van der Waals surface area (Å²) in [7, 11) is 2.98. The van der Waals surface area contributed by atoms with Gasteiger partial charge in [-0.3, -0.25) is 4.79 Å². The highest BCUT2D eigenvalue weighted by atomic mass is 16.7. The van der Waals surface area contributed by atoms with E-state index < -0.39 is 5.92 Å². The minimum absolute atomic E-state index is 0.0916. The standard InChI is InChI=1S/C31H32N2O8/c1-36-25-11-17(12-26(37-2)30(25)34)27-20-13-23-24(41-16-40-23)14-21(20)29(22-15-39-31(35)28(22)27)32-18-3-5-19(6-4-18)33-7-9-38-10-8-33/h3-6,11-14,22,27-29,32,34H,7-10,15-16H2,1-2H3/t22?,27-,28-,29+/m0/s1. The van der Waals surface area contributed by atoms with E-state index in [2.05, 4.69) is 34.5 Å². The van der Waals surface area contributed by atoms with Gasteiger partial charge in [-0.25, -0.2) is 0 Å². The zero-order valence-corrected chi connectivity index (χ0v) is 22.9. The lowest BCUT2D eigenvalue weighted by atomic mass is 9.65. The fraction of sp³-hybridized carbons (Fsp3) is 0.387. The molecule has 2 saturated heterocycles. The third-order valence-corrected chi connectivity index (χ3v) is 8.61. The summed E-state index contributed by atoms with van der Waals surface area (Å²) in [4.78, 5) is 15.7. The van der Waals surface area contributed by atoms with E-state index in [0.717, 1.165) is 54.4 Å². The topological polar surface area (TPSA) is 108 Å². The Morgan fingerprint density at radius 2 is 1.56 bits per heavy atom. The van der Waals surface area contributed by atoms with Gasteiger partial charge in [-0.1, -0.05) is 0 Å². The maximum Gasteiger partial charge on any atom is 0.310 e. The number of anilines is 2. The van der Waals surface area contributed by atoms with Crippen molar-refractivity contribution in [2.45, 2.75) is 12.0 Å². The number of aromatic hydroxyl groups is 1. The number of phenolic OH excluding ortho intramolecular Hbond substituents is 1. The Bertz CT molecular complexity index is 1440. The fourth-order valence-corrected chi connectivity index (χ4v) is 6.61. The summed E-state index contributed by atoms with van der Waals surface area (Å²) in [5.74, 6) is 0.457. The first-order valence-electron chi connectivity index (χ1n) is 13.8. The minimum atomic E-state index is -0.480. The molecule has 0 aromatic heterocycles. The molecule has 7 rings (SSSR count). The van der Waals surface area contributed by atoms with Gasteiger partial charge in [-0.2, -0.15) is 0 Å². The highest BCUT2D eigenvalue weighted by molar-refractivity contribution is 5.79. The zero-order valence-electron chi connectivity index (χ0n) is 22.9. The van der Waals surface area contributed by atoms with Gasteiger partial charge in [0.1, 0.15) is 0 Å². The fourth-order valence-electron chi connectivity index (χ4n) is 6.61. The first kappa shape index (κ1) is 25.6. The molecular formula is C31H32N2O8. The molecule has 1 unspecified atom stereocenters. The van der Waals surface area contributed by atoms with Crippen LogP contribution in [-0.4, -0.2) is 65.0 Å². The largest absolute Gasteiger partial charge is 0.502 e. The molecule has 214 valence electrons. The normalized spacial score (nSPS) is 24.3. The number of nitrogens with zero attached hydrogens (tertiary/aromatic N) is 1. The lowest BCUT2D eigenvalue weighted by Crippen LogP contribution is -2.37. The van der Waals surface area contributed by atoms with Crippen molar-refractivity contribution < 1.29 is 38.3 Å². The van der Waals surface area contributed by atoms with Gasteiger partial charge in [0.2, 0.25) is 12.5 Å². The van der Waals surface area contributed by atoms with Crippen molar-refractivity contribution in [3.05, 3.63) is 65.2 Å². The monoisotopic (exact) mass is 560 g/mol. The summed E-state index contributed by atoms with van der Waals surface area (Å²) in [5.41, 5.74) is 4.80. The van der Waals surface area contributed by atoms with Crippen molar-refractivity contribution in [3.63, 3.8) is 0 Å². The predicted molar refractivity (Wildman–Crippen MR) is 149 cm³/mol. The van der Waals surface area contributed by atoms with Crippen LogP contribution >= 0.6 is 0 Å². The summed E-state index contributed by atoms with van der Waals surface area (Å²) in [6.07, 6.45) is 0. The number of hydrogen-bond acceptors (Lipinski definition) is 10. The van der Waals surface area contributed by atoms with Crippen LogP contribution in [0.5, 0.6) is 28.7 Å². The zero-order chi connectivity index (χ0) is 28.1. The van der Waals surface area contributed by atoms with Gasteiger partial charge in [0, 0.05) is 36.3 Å². The van der Waals surface area contributed by atoms with Crippen molar-refractivity contribution in [1.82, 2.24) is 0 Å². The first-order valence-corrected chi connectivity index (χ1v) is 13.8. The summed E-state index contributed by atoms with van der Waals surface area (Å²) < 4.78 is 33.7. The van der Waals surface area contributed by atoms with Gasteiger partial charge in [0.15, 0.2) is 23.0 Å². The van der Waals surface area contributed by atoms with Crippen molar-refractivity contribution in [3.8, 4) is 28.7 Å². The highest BCUT2D eigenvalue weighted by Crippen LogP contribution is 2.56. The molecule has 3 aromatic rings. The van der Waals surface area contributed by atoms with E-state index >= 15 is 0 Å². The molecule has 1 aliphatic carbocycles. The minimum Gasteiger partial charge on any atom is -0.502 e. The number of phenols is 1. The Kier molecular flexibility index (Phi) is 6.42. The van der Waals surface area contributed by atoms with Gasteiger partial charge < -0.3 is 43.7 Å². The first-order chi connectivity index (χ1) is 20.1. The molecule has 10 heteroatoms. The summed E-state index contributed by atoms with van der Waals surface area (Å²) in [5, 5.41) is 14.3. The van der Waals surface area contributed by atoms with Gasteiger partial charge in [0.25, 0.3) is 0 Å². The van der Waals surface area contributed by atoms with Gasteiger partial charge in [0.05, 0.1) is 46.0 Å². The molecule has 3 heterocycles. The number of rotatable bonds is 6. The second-order valence-electron chi connectivity index (χ2n) is 10.7. The Hall–Kier alpha value is -4.31. The number of morpholine rings is 1. The average Bonchev–Trinajstić information content (AvgIpc) is 3.63. The molecule has 10 nitrogen and oxygen atoms in total. The number of nitrogens with one attached hydrogen (secondary N) is 1. The smallest absolute Gasteiger partial charge is 0.310 e. The van der Waals surface area contributed by atoms with Crippen molar-refractivity contribution in [2.75, 3.05) is 64.1 Å². The predicted octanol–water partition coefficient (Wildman–Crippen LogP) is 4.06. The summed E-state index contributed by atoms with van der Waals surface area (Å²) in [6.45, 7) is 3.61. The van der Waals surface area contributed by atoms with Crippen LogP contribution in [0.15, 0.2) is 48.5 Å². The average molecular weight is 561 g/mol. The van der Waals surface area contributed by atoms with Crippen LogP contribution in [0.4, 0.5) is 11.4 Å². The molecule has 2 N–H and O–H groups in total. The van der Waals surface area contributed by atoms with E-state index in [9.17, 15) is 9.90 Å². The number of fused-ring (bicyclic) bond motifs is 3. The van der Waals surface area contributed by atoms with Crippen LogP contribution in [0.2, 0.25) is 0 Å². The maximum absolute atomic E-state index is 13.4. The number of ether oxygens (including phenoxy) is 6. The second kappa shape index (κ2) is 10.3. The molecule has 2 fully saturated rings. The van der Waals surface area contributed by atoms with E-state index in [1.54, 1.807) is 12.1 Å². The lowest BCUT2D eigenvalue weighted by molar-refractivity contribution is -0.141. The number of esters is 1. The molecule has 41 heavy (non-hydrogen) atoms. The Balaban J connectivity index is 1.31. The number of cyclic esters (lactones) is 1. The van der Waals surface area contributed by atoms with Gasteiger partial charge in [-0.15, -0.1) is 0 Å². The lowest BCUT2D eigenvalue weighted by Gasteiger charge is -2.40. The van der Waals surface area contributed by atoms with Crippen molar-refractivity contribution in [2.24, 2.45) is 11.8 Å². The number of carbonyl (C=O) groups is 1. The maximum atomic E-state index is 13.4. The van der Waals surface area contributed by atoms with Crippen LogP contribution in [-0.2, 0) is 14.3 Å². The second-order valence-corrected chi connectivity index (χ2v) is 10.7.